The monoisotopic (exact) mass is 395 g/mol. The van der Waals surface area contributed by atoms with Gasteiger partial charge in [-0.3, -0.25) is 9.59 Å². The van der Waals surface area contributed by atoms with Gasteiger partial charge in [0.15, 0.2) is 0 Å². The van der Waals surface area contributed by atoms with Crippen LogP contribution in [0.5, 0.6) is 0 Å². The minimum Gasteiger partial charge on any atom is -0.338 e. The van der Waals surface area contributed by atoms with Crippen LogP contribution in [0.4, 0.5) is 11.6 Å². The van der Waals surface area contributed by atoms with E-state index >= 15 is 0 Å². The zero-order chi connectivity index (χ0) is 21.0. The highest BCUT2D eigenvalue weighted by molar-refractivity contribution is 5.98. The van der Waals surface area contributed by atoms with Gasteiger partial charge in [-0.1, -0.05) is 39.0 Å². The Morgan fingerprint density at radius 3 is 2.21 bits per heavy atom. The third-order valence-electron chi connectivity index (χ3n) is 5.14. The molecule has 7 nitrogen and oxygen atoms in total. The summed E-state index contributed by atoms with van der Waals surface area (Å²) in [6.45, 7) is 10.4. The van der Waals surface area contributed by atoms with Crippen LogP contribution < -0.4 is 9.80 Å². The Kier molecular flexibility index (Phi) is 6.15. The van der Waals surface area contributed by atoms with Crippen molar-refractivity contribution in [2.45, 2.75) is 33.1 Å². The molecule has 7 heteroatoms. The van der Waals surface area contributed by atoms with E-state index in [1.54, 1.807) is 23.4 Å². The van der Waals surface area contributed by atoms with Gasteiger partial charge in [0, 0.05) is 51.2 Å². The second-order valence-corrected chi connectivity index (χ2v) is 8.29. The number of hydrogen-bond donors (Lipinski definition) is 0. The number of aromatic nitrogens is 2. The van der Waals surface area contributed by atoms with E-state index in [9.17, 15) is 9.59 Å². The molecule has 0 atom stereocenters. The van der Waals surface area contributed by atoms with Crippen molar-refractivity contribution in [3.05, 3.63) is 48.3 Å². The molecule has 0 radical (unpaired) electrons. The highest BCUT2D eigenvalue weighted by atomic mass is 16.2. The van der Waals surface area contributed by atoms with E-state index in [1.165, 1.54) is 6.92 Å². The smallest absolute Gasteiger partial charge is 0.242 e. The van der Waals surface area contributed by atoms with E-state index < -0.39 is 0 Å². The fourth-order valence-corrected chi connectivity index (χ4v) is 3.55. The number of hydrogen-bond acceptors (Lipinski definition) is 5. The molecular formula is C22H29N5O2. The molecule has 1 saturated heterocycles. The van der Waals surface area contributed by atoms with Crippen LogP contribution in [0.15, 0.2) is 42.7 Å². The minimum atomic E-state index is -0.133. The van der Waals surface area contributed by atoms with Gasteiger partial charge < -0.3 is 14.7 Å². The van der Waals surface area contributed by atoms with Crippen molar-refractivity contribution in [2.24, 2.45) is 0 Å². The molecule has 0 N–H and O–H groups in total. The molecule has 2 heterocycles. The lowest BCUT2D eigenvalue weighted by molar-refractivity contribution is -0.131. The second kappa shape index (κ2) is 8.59. The maximum atomic E-state index is 13.0. The molecule has 1 fully saturated rings. The number of piperazine rings is 1. The molecule has 1 aliphatic rings. The first kappa shape index (κ1) is 20.8. The normalized spacial score (nSPS) is 14.6. The van der Waals surface area contributed by atoms with Crippen LogP contribution in [0, 0.1) is 0 Å². The molecule has 1 aliphatic heterocycles. The first-order valence-electron chi connectivity index (χ1n) is 9.94. The van der Waals surface area contributed by atoms with E-state index in [4.69, 9.17) is 0 Å². The SMILES string of the molecule is CC(=O)N(CC(=O)N1CCN(c2ncccn2)CC1)c1ccccc1C(C)(C)C. The highest BCUT2D eigenvalue weighted by Gasteiger charge is 2.28. The average molecular weight is 396 g/mol. The second-order valence-electron chi connectivity index (χ2n) is 8.29. The summed E-state index contributed by atoms with van der Waals surface area (Å²) in [5.41, 5.74) is 1.72. The van der Waals surface area contributed by atoms with Gasteiger partial charge in [0.05, 0.1) is 0 Å². The molecule has 0 bridgehead atoms. The molecular weight excluding hydrogens is 366 g/mol. The van der Waals surface area contributed by atoms with Crippen molar-refractivity contribution in [1.82, 2.24) is 14.9 Å². The molecule has 0 spiro atoms. The van der Waals surface area contributed by atoms with Gasteiger partial charge in [0.25, 0.3) is 0 Å². The van der Waals surface area contributed by atoms with Crippen LogP contribution in [0.2, 0.25) is 0 Å². The predicted octanol–water partition coefficient (Wildman–Crippen LogP) is 2.48. The topological polar surface area (TPSA) is 69.6 Å². The Balaban J connectivity index is 1.70. The summed E-state index contributed by atoms with van der Waals surface area (Å²) in [7, 11) is 0. The lowest BCUT2D eigenvalue weighted by atomic mass is 9.85. The van der Waals surface area contributed by atoms with Gasteiger partial charge in [-0.2, -0.15) is 0 Å². The molecule has 2 amide bonds. The first-order chi connectivity index (χ1) is 13.8. The van der Waals surface area contributed by atoms with Gasteiger partial charge in [0.2, 0.25) is 17.8 Å². The summed E-state index contributed by atoms with van der Waals surface area (Å²) in [5, 5.41) is 0. The number of rotatable bonds is 4. The van der Waals surface area contributed by atoms with E-state index in [0.29, 0.717) is 32.1 Å². The van der Waals surface area contributed by atoms with E-state index in [0.717, 1.165) is 11.3 Å². The van der Waals surface area contributed by atoms with Crippen LogP contribution in [-0.4, -0.2) is 59.4 Å². The Hall–Kier alpha value is -2.96. The number of carbonyl (C=O) groups is 2. The Morgan fingerprint density at radius 2 is 1.62 bits per heavy atom. The van der Waals surface area contributed by atoms with Crippen LogP contribution in [0.1, 0.15) is 33.3 Å². The third kappa shape index (κ3) is 4.91. The first-order valence-corrected chi connectivity index (χ1v) is 9.94. The molecule has 1 aromatic carbocycles. The largest absolute Gasteiger partial charge is 0.338 e. The molecule has 154 valence electrons. The van der Waals surface area contributed by atoms with Gasteiger partial charge in [0.1, 0.15) is 6.54 Å². The molecule has 0 unspecified atom stereocenters. The zero-order valence-corrected chi connectivity index (χ0v) is 17.6. The molecule has 29 heavy (non-hydrogen) atoms. The molecule has 3 rings (SSSR count). The lowest BCUT2D eigenvalue weighted by Gasteiger charge is -2.36. The van der Waals surface area contributed by atoms with E-state index in [-0.39, 0.29) is 23.8 Å². The third-order valence-corrected chi connectivity index (χ3v) is 5.14. The maximum Gasteiger partial charge on any atom is 0.242 e. The van der Waals surface area contributed by atoms with Crippen molar-refractivity contribution < 1.29 is 9.59 Å². The van der Waals surface area contributed by atoms with Gasteiger partial charge in [-0.05, 0) is 23.1 Å². The van der Waals surface area contributed by atoms with Crippen LogP contribution in [-0.2, 0) is 15.0 Å². The standard InChI is InChI=1S/C22H29N5O2/c1-17(28)27(19-9-6-5-8-18(19)22(2,3)4)16-20(29)25-12-14-26(15-13-25)21-23-10-7-11-24-21/h5-11H,12-16H2,1-4H3. The summed E-state index contributed by atoms with van der Waals surface area (Å²) in [4.78, 5) is 39.4. The van der Waals surface area contributed by atoms with Crippen molar-refractivity contribution in [1.29, 1.82) is 0 Å². The summed E-state index contributed by atoms with van der Waals surface area (Å²) in [6.07, 6.45) is 3.44. The molecule has 1 aromatic heterocycles. The summed E-state index contributed by atoms with van der Waals surface area (Å²) in [6, 6.07) is 9.60. The average Bonchev–Trinajstić information content (AvgIpc) is 2.72. The Labute approximate surface area is 172 Å². The quantitative estimate of drug-likeness (QED) is 0.795. The molecule has 0 aliphatic carbocycles. The van der Waals surface area contributed by atoms with E-state index in [1.807, 2.05) is 29.2 Å². The summed E-state index contributed by atoms with van der Waals surface area (Å²) in [5.74, 6) is 0.507. The molecule has 2 aromatic rings. The van der Waals surface area contributed by atoms with Gasteiger partial charge >= 0.3 is 0 Å². The van der Waals surface area contributed by atoms with Crippen LogP contribution in [0.3, 0.4) is 0 Å². The number of para-hydroxylation sites is 1. The molecule has 0 saturated carbocycles. The minimum absolute atomic E-state index is 0.0439. The van der Waals surface area contributed by atoms with Crippen molar-refractivity contribution >= 4 is 23.5 Å². The fraction of sp³-hybridized carbons (Fsp3) is 0.455. The van der Waals surface area contributed by atoms with Crippen molar-refractivity contribution in [3.63, 3.8) is 0 Å². The van der Waals surface area contributed by atoms with Crippen molar-refractivity contribution in [3.8, 4) is 0 Å². The number of nitrogens with zero attached hydrogens (tertiary/aromatic N) is 5. The van der Waals surface area contributed by atoms with E-state index in [2.05, 4.69) is 35.6 Å². The van der Waals surface area contributed by atoms with Crippen LogP contribution >= 0.6 is 0 Å². The number of benzene rings is 1. The van der Waals surface area contributed by atoms with Gasteiger partial charge in [-0.15, -0.1) is 0 Å². The fourth-order valence-electron chi connectivity index (χ4n) is 3.55. The lowest BCUT2D eigenvalue weighted by Crippen LogP contribution is -2.52. The number of amides is 2. The Bertz CT molecular complexity index is 855. The summed E-state index contributed by atoms with van der Waals surface area (Å²) >= 11 is 0. The highest BCUT2D eigenvalue weighted by Crippen LogP contribution is 2.32. The maximum absolute atomic E-state index is 13.0. The number of anilines is 2. The zero-order valence-electron chi connectivity index (χ0n) is 17.6. The van der Waals surface area contributed by atoms with Crippen molar-refractivity contribution in [2.75, 3.05) is 42.5 Å². The predicted molar refractivity (Wildman–Crippen MR) is 114 cm³/mol. The van der Waals surface area contributed by atoms with Crippen LogP contribution in [0.25, 0.3) is 0 Å². The number of carbonyl (C=O) groups excluding carboxylic acids is 2. The Morgan fingerprint density at radius 1 is 1.00 bits per heavy atom. The summed E-state index contributed by atoms with van der Waals surface area (Å²) < 4.78 is 0. The van der Waals surface area contributed by atoms with Gasteiger partial charge in [-0.25, -0.2) is 9.97 Å².